The molecular weight excluding hydrogens is 378 g/mol. The number of nitrogens with one attached hydrogen (secondary N) is 2. The topological polar surface area (TPSA) is 137 Å². The molecule has 0 aliphatic rings. The molecule has 0 heterocycles. The Morgan fingerprint density at radius 3 is 2.21 bits per heavy atom. The van der Waals surface area contributed by atoms with E-state index in [2.05, 4.69) is 10.6 Å². The summed E-state index contributed by atoms with van der Waals surface area (Å²) < 4.78 is 9.92. The number of amides is 3. The average molecular weight is 407 g/mol. The third-order valence-corrected chi connectivity index (χ3v) is 3.86. The van der Waals surface area contributed by atoms with E-state index < -0.39 is 36.0 Å². The summed E-state index contributed by atoms with van der Waals surface area (Å²) in [7, 11) is 0. The number of hydrogen-bond donors (Lipinski definition) is 3. The van der Waals surface area contributed by atoms with Gasteiger partial charge >= 0.3 is 12.1 Å². The zero-order valence-corrected chi connectivity index (χ0v) is 17.0. The van der Waals surface area contributed by atoms with Gasteiger partial charge in [-0.2, -0.15) is 0 Å². The lowest BCUT2D eigenvalue weighted by atomic mass is 10.0. The van der Waals surface area contributed by atoms with Crippen molar-refractivity contribution in [2.75, 3.05) is 6.61 Å². The van der Waals surface area contributed by atoms with Gasteiger partial charge in [0.25, 0.3) is 0 Å². The zero-order valence-electron chi connectivity index (χ0n) is 17.0. The van der Waals surface area contributed by atoms with Gasteiger partial charge in [0.15, 0.2) is 0 Å². The van der Waals surface area contributed by atoms with Crippen LogP contribution in [0, 0.1) is 5.92 Å². The van der Waals surface area contributed by atoms with Gasteiger partial charge in [0.2, 0.25) is 11.8 Å². The quantitative estimate of drug-likeness (QED) is 0.472. The van der Waals surface area contributed by atoms with E-state index >= 15 is 0 Å². The summed E-state index contributed by atoms with van der Waals surface area (Å²) in [4.78, 5) is 47.9. The van der Waals surface area contributed by atoms with Crippen LogP contribution in [0.3, 0.4) is 0 Å². The number of esters is 1. The molecule has 0 aliphatic heterocycles. The minimum absolute atomic E-state index is 0.0511. The molecule has 160 valence electrons. The summed E-state index contributed by atoms with van der Waals surface area (Å²) in [6, 6.07) is 6.90. The number of rotatable bonds is 11. The lowest BCUT2D eigenvalue weighted by molar-refractivity contribution is -0.145. The van der Waals surface area contributed by atoms with E-state index in [0.717, 1.165) is 5.56 Å². The van der Waals surface area contributed by atoms with Crippen LogP contribution in [-0.2, 0) is 30.5 Å². The second-order valence-corrected chi connectivity index (χ2v) is 6.86. The maximum absolute atomic E-state index is 12.6. The predicted octanol–water partition coefficient (Wildman–Crippen LogP) is 1.25. The molecule has 3 amide bonds. The van der Waals surface area contributed by atoms with Gasteiger partial charge in [0.05, 0.1) is 13.0 Å². The zero-order chi connectivity index (χ0) is 21.8. The van der Waals surface area contributed by atoms with Gasteiger partial charge < -0.3 is 25.8 Å². The van der Waals surface area contributed by atoms with Crippen LogP contribution in [0.25, 0.3) is 0 Å². The van der Waals surface area contributed by atoms with Crippen molar-refractivity contribution in [3.05, 3.63) is 35.9 Å². The van der Waals surface area contributed by atoms with Crippen LogP contribution >= 0.6 is 0 Å². The molecule has 1 rings (SSSR count). The van der Waals surface area contributed by atoms with E-state index in [4.69, 9.17) is 15.2 Å². The molecule has 1 aromatic rings. The van der Waals surface area contributed by atoms with Gasteiger partial charge in [-0.05, 0) is 24.8 Å². The van der Waals surface area contributed by atoms with Crippen molar-refractivity contribution in [3.63, 3.8) is 0 Å². The van der Waals surface area contributed by atoms with E-state index in [1.165, 1.54) is 0 Å². The van der Waals surface area contributed by atoms with Crippen LogP contribution in [0.1, 0.15) is 39.2 Å². The highest BCUT2D eigenvalue weighted by Gasteiger charge is 2.28. The lowest BCUT2D eigenvalue weighted by Gasteiger charge is -2.22. The SMILES string of the molecule is CCOC(=O)C[C@H](NC(=O)[C@H](CC(C)C)NC(=O)OCc1ccccc1)C(N)=O. The minimum Gasteiger partial charge on any atom is -0.466 e. The first-order valence-electron chi connectivity index (χ1n) is 9.45. The number of benzene rings is 1. The summed E-state index contributed by atoms with van der Waals surface area (Å²) in [6.45, 7) is 5.57. The first kappa shape index (κ1) is 23.9. The summed E-state index contributed by atoms with van der Waals surface area (Å²) in [6.07, 6.45) is -0.852. The first-order valence-corrected chi connectivity index (χ1v) is 9.45. The smallest absolute Gasteiger partial charge is 0.408 e. The summed E-state index contributed by atoms with van der Waals surface area (Å²) >= 11 is 0. The lowest BCUT2D eigenvalue weighted by Crippen LogP contribution is -2.54. The molecule has 29 heavy (non-hydrogen) atoms. The van der Waals surface area contributed by atoms with Crippen molar-refractivity contribution in [1.29, 1.82) is 0 Å². The summed E-state index contributed by atoms with van der Waals surface area (Å²) in [5.41, 5.74) is 6.07. The second kappa shape index (κ2) is 12.4. The van der Waals surface area contributed by atoms with Crippen molar-refractivity contribution in [2.24, 2.45) is 11.7 Å². The predicted molar refractivity (Wildman–Crippen MR) is 105 cm³/mol. The highest BCUT2D eigenvalue weighted by Crippen LogP contribution is 2.08. The van der Waals surface area contributed by atoms with Crippen molar-refractivity contribution in [2.45, 2.75) is 52.3 Å². The van der Waals surface area contributed by atoms with Crippen LogP contribution < -0.4 is 16.4 Å². The number of carbonyl (C=O) groups excluding carboxylic acids is 4. The number of hydrogen-bond acceptors (Lipinski definition) is 6. The molecule has 0 fully saturated rings. The molecule has 0 saturated carbocycles. The maximum atomic E-state index is 12.6. The first-order chi connectivity index (χ1) is 13.7. The largest absolute Gasteiger partial charge is 0.466 e. The fourth-order valence-electron chi connectivity index (χ4n) is 2.49. The average Bonchev–Trinajstić information content (AvgIpc) is 2.65. The van der Waals surface area contributed by atoms with Crippen molar-refractivity contribution in [1.82, 2.24) is 10.6 Å². The van der Waals surface area contributed by atoms with E-state index in [1.54, 1.807) is 19.1 Å². The van der Waals surface area contributed by atoms with E-state index in [-0.39, 0.29) is 25.6 Å². The second-order valence-electron chi connectivity index (χ2n) is 6.86. The summed E-state index contributed by atoms with van der Waals surface area (Å²) in [5, 5.41) is 4.91. The highest BCUT2D eigenvalue weighted by atomic mass is 16.5. The molecule has 9 nitrogen and oxygen atoms in total. The number of primary amides is 1. The van der Waals surface area contributed by atoms with Crippen LogP contribution in [0.5, 0.6) is 0 Å². The number of carbonyl (C=O) groups is 4. The molecule has 1 aromatic carbocycles. The highest BCUT2D eigenvalue weighted by molar-refractivity contribution is 5.92. The van der Waals surface area contributed by atoms with Crippen LogP contribution in [0.15, 0.2) is 30.3 Å². The Morgan fingerprint density at radius 2 is 1.66 bits per heavy atom. The number of alkyl carbamates (subject to hydrolysis) is 1. The van der Waals surface area contributed by atoms with Crippen LogP contribution in [0.2, 0.25) is 0 Å². The maximum Gasteiger partial charge on any atom is 0.408 e. The van der Waals surface area contributed by atoms with Gasteiger partial charge in [0.1, 0.15) is 18.7 Å². The summed E-state index contributed by atoms with van der Waals surface area (Å²) in [5.74, 6) is -2.10. The third kappa shape index (κ3) is 9.59. The third-order valence-electron chi connectivity index (χ3n) is 3.86. The standard InChI is InChI=1S/C20H29N3O6/c1-4-28-17(24)11-15(18(21)25)22-19(26)16(10-13(2)3)23-20(27)29-12-14-8-6-5-7-9-14/h5-9,13,15-16H,4,10-12H2,1-3H3,(H2,21,25)(H,22,26)(H,23,27)/t15-,16-/m0/s1. The molecule has 2 atom stereocenters. The Morgan fingerprint density at radius 1 is 1.00 bits per heavy atom. The Labute approximate surface area is 170 Å². The molecule has 0 aliphatic carbocycles. The van der Waals surface area contributed by atoms with E-state index in [9.17, 15) is 19.2 Å². The van der Waals surface area contributed by atoms with Gasteiger partial charge in [-0.25, -0.2) is 4.79 Å². The Kier molecular flexibility index (Phi) is 10.2. The van der Waals surface area contributed by atoms with E-state index in [0.29, 0.717) is 6.42 Å². The van der Waals surface area contributed by atoms with Crippen LogP contribution in [-0.4, -0.2) is 42.6 Å². The molecule has 0 saturated heterocycles. The number of ether oxygens (including phenoxy) is 2. The molecule has 0 unspecified atom stereocenters. The van der Waals surface area contributed by atoms with Crippen LogP contribution in [0.4, 0.5) is 4.79 Å². The Hall–Kier alpha value is -3.10. The van der Waals surface area contributed by atoms with Gasteiger partial charge in [0, 0.05) is 0 Å². The molecule has 0 aromatic heterocycles. The van der Waals surface area contributed by atoms with Crippen molar-refractivity contribution >= 4 is 23.9 Å². The molecule has 0 radical (unpaired) electrons. The fourth-order valence-corrected chi connectivity index (χ4v) is 2.49. The normalized spacial score (nSPS) is 12.6. The molecular formula is C20H29N3O6. The van der Waals surface area contributed by atoms with E-state index in [1.807, 2.05) is 32.0 Å². The Balaban J connectivity index is 2.71. The van der Waals surface area contributed by atoms with Crippen molar-refractivity contribution < 1.29 is 28.7 Å². The molecule has 4 N–H and O–H groups in total. The van der Waals surface area contributed by atoms with Gasteiger partial charge in [-0.15, -0.1) is 0 Å². The number of nitrogens with two attached hydrogens (primary N) is 1. The van der Waals surface area contributed by atoms with Crippen molar-refractivity contribution in [3.8, 4) is 0 Å². The molecule has 0 bridgehead atoms. The minimum atomic E-state index is -1.24. The fraction of sp³-hybridized carbons (Fsp3) is 0.500. The van der Waals surface area contributed by atoms with Gasteiger partial charge in [-0.3, -0.25) is 14.4 Å². The van der Waals surface area contributed by atoms with Gasteiger partial charge in [-0.1, -0.05) is 44.2 Å². The molecule has 9 heteroatoms. The monoisotopic (exact) mass is 407 g/mol. The molecule has 0 spiro atoms. The Bertz CT molecular complexity index is 693.